The molecule has 3 rings (SSSR count). The van der Waals surface area contributed by atoms with Crippen molar-refractivity contribution in [3.8, 4) is 34.5 Å². The Morgan fingerprint density at radius 1 is 0.583 bits per heavy atom. The van der Waals surface area contributed by atoms with E-state index < -0.39 is 0 Å². The van der Waals surface area contributed by atoms with Crippen LogP contribution in [-0.4, -0.2) is 66.6 Å². The summed E-state index contributed by atoms with van der Waals surface area (Å²) in [4.78, 5) is 26.3. The number of carbonyl (C=O) groups excluding carboxylic acids is 2. The minimum absolute atomic E-state index is 0.253. The van der Waals surface area contributed by atoms with E-state index in [0.29, 0.717) is 45.6 Å². The Labute approximate surface area is 211 Å². The fourth-order valence-electron chi connectivity index (χ4n) is 4.40. The van der Waals surface area contributed by atoms with E-state index in [1.54, 1.807) is 24.3 Å². The van der Waals surface area contributed by atoms with Crippen molar-refractivity contribution < 1.29 is 38.0 Å². The lowest BCUT2D eigenvalue weighted by Crippen LogP contribution is -2.53. The Kier molecular flexibility index (Phi) is 9.10. The van der Waals surface area contributed by atoms with Crippen LogP contribution in [0.3, 0.4) is 0 Å². The topological polar surface area (TPSA) is 114 Å². The van der Waals surface area contributed by atoms with Crippen LogP contribution in [0.4, 0.5) is 0 Å². The highest BCUT2D eigenvalue weighted by molar-refractivity contribution is 5.97. The van der Waals surface area contributed by atoms with Gasteiger partial charge < -0.3 is 39.1 Å². The average molecular weight is 503 g/mol. The second kappa shape index (κ2) is 12.2. The number of methoxy groups -OCH3 is 6. The molecule has 2 amide bonds. The summed E-state index contributed by atoms with van der Waals surface area (Å²) in [5.41, 5.74) is 0.731. The van der Waals surface area contributed by atoms with Gasteiger partial charge in [-0.25, -0.2) is 0 Å². The van der Waals surface area contributed by atoms with Crippen LogP contribution in [0.1, 0.15) is 46.4 Å². The van der Waals surface area contributed by atoms with E-state index in [-0.39, 0.29) is 23.9 Å². The first-order valence-electron chi connectivity index (χ1n) is 11.6. The fourth-order valence-corrected chi connectivity index (χ4v) is 4.40. The molecule has 2 N–H and O–H groups in total. The van der Waals surface area contributed by atoms with E-state index in [9.17, 15) is 9.59 Å². The number of amides is 2. The molecule has 0 aliphatic heterocycles. The van der Waals surface area contributed by atoms with Crippen LogP contribution in [0, 0.1) is 0 Å². The molecule has 0 aromatic heterocycles. The van der Waals surface area contributed by atoms with Gasteiger partial charge in [0, 0.05) is 23.2 Å². The standard InChI is InChI=1S/C26H34N2O8/c1-31-19-11-15(12-20(32-2)23(19)35-5)25(29)27-17-9-7-8-10-18(17)28-26(30)16-13-21(33-3)24(36-6)22(14-16)34-4/h11-14,17-18H,7-10H2,1-6H3,(H,27,29)(H,28,30)/t17-,18+. The van der Waals surface area contributed by atoms with E-state index in [1.807, 2.05) is 0 Å². The summed E-state index contributed by atoms with van der Waals surface area (Å²) >= 11 is 0. The monoisotopic (exact) mass is 502 g/mol. The highest BCUT2D eigenvalue weighted by atomic mass is 16.5. The van der Waals surface area contributed by atoms with Gasteiger partial charge in [0.05, 0.1) is 42.7 Å². The number of hydrogen-bond donors (Lipinski definition) is 2. The zero-order valence-electron chi connectivity index (χ0n) is 21.6. The maximum Gasteiger partial charge on any atom is 0.251 e. The third kappa shape index (κ3) is 5.69. The van der Waals surface area contributed by atoms with Crippen LogP contribution >= 0.6 is 0 Å². The molecule has 1 saturated carbocycles. The van der Waals surface area contributed by atoms with Gasteiger partial charge in [-0.2, -0.15) is 0 Å². The first-order chi connectivity index (χ1) is 17.4. The molecule has 196 valence electrons. The molecule has 0 saturated heterocycles. The quantitative estimate of drug-likeness (QED) is 0.509. The molecule has 2 atom stereocenters. The van der Waals surface area contributed by atoms with Gasteiger partial charge in [-0.1, -0.05) is 12.8 Å². The first-order valence-corrected chi connectivity index (χ1v) is 11.6. The van der Waals surface area contributed by atoms with Gasteiger partial charge in [0.15, 0.2) is 23.0 Å². The van der Waals surface area contributed by atoms with Crippen LogP contribution in [0.2, 0.25) is 0 Å². The SMILES string of the molecule is COc1cc(C(=O)N[C@H]2CCCC[C@H]2NC(=O)c2cc(OC)c(OC)c(OC)c2)cc(OC)c1OC. The second-order valence-electron chi connectivity index (χ2n) is 8.27. The van der Waals surface area contributed by atoms with Gasteiger partial charge in [0.25, 0.3) is 11.8 Å². The zero-order valence-corrected chi connectivity index (χ0v) is 21.6. The van der Waals surface area contributed by atoms with Gasteiger partial charge in [0.2, 0.25) is 11.5 Å². The summed E-state index contributed by atoms with van der Waals surface area (Å²) < 4.78 is 32.1. The van der Waals surface area contributed by atoms with Crippen molar-refractivity contribution in [1.29, 1.82) is 0 Å². The van der Waals surface area contributed by atoms with Crippen molar-refractivity contribution >= 4 is 11.8 Å². The number of benzene rings is 2. The normalized spacial score (nSPS) is 16.9. The van der Waals surface area contributed by atoms with Crippen LogP contribution < -0.4 is 39.1 Å². The van der Waals surface area contributed by atoms with Crippen molar-refractivity contribution in [2.75, 3.05) is 42.7 Å². The molecule has 0 heterocycles. The molecule has 0 unspecified atom stereocenters. The zero-order chi connectivity index (χ0) is 26.2. The van der Waals surface area contributed by atoms with E-state index in [4.69, 9.17) is 28.4 Å². The molecule has 2 aromatic carbocycles. The third-order valence-electron chi connectivity index (χ3n) is 6.25. The predicted molar refractivity (Wildman–Crippen MR) is 133 cm³/mol. The molecule has 1 aliphatic carbocycles. The van der Waals surface area contributed by atoms with Crippen LogP contribution in [0.15, 0.2) is 24.3 Å². The summed E-state index contributed by atoms with van der Waals surface area (Å²) in [5.74, 6) is 1.77. The minimum Gasteiger partial charge on any atom is -0.493 e. The summed E-state index contributed by atoms with van der Waals surface area (Å²) in [6.07, 6.45) is 3.35. The highest BCUT2D eigenvalue weighted by Gasteiger charge is 2.30. The third-order valence-corrected chi connectivity index (χ3v) is 6.25. The van der Waals surface area contributed by atoms with Crippen LogP contribution in [0.5, 0.6) is 34.5 Å². The lowest BCUT2D eigenvalue weighted by molar-refractivity contribution is 0.0862. The van der Waals surface area contributed by atoms with Gasteiger partial charge in [-0.3, -0.25) is 9.59 Å². The molecule has 0 radical (unpaired) electrons. The van der Waals surface area contributed by atoms with Crippen molar-refractivity contribution in [2.24, 2.45) is 0 Å². The maximum atomic E-state index is 13.2. The molecule has 1 fully saturated rings. The van der Waals surface area contributed by atoms with Crippen molar-refractivity contribution in [3.05, 3.63) is 35.4 Å². The predicted octanol–water partition coefficient (Wildman–Crippen LogP) is 3.21. The molecule has 2 aromatic rings. The maximum absolute atomic E-state index is 13.2. The summed E-state index contributed by atoms with van der Waals surface area (Å²) in [6.45, 7) is 0. The van der Waals surface area contributed by atoms with Crippen molar-refractivity contribution in [2.45, 2.75) is 37.8 Å². The highest BCUT2D eigenvalue weighted by Crippen LogP contribution is 2.39. The number of carbonyl (C=O) groups is 2. The van der Waals surface area contributed by atoms with Gasteiger partial charge in [-0.05, 0) is 37.1 Å². The lowest BCUT2D eigenvalue weighted by atomic mass is 9.89. The summed E-state index contributed by atoms with van der Waals surface area (Å²) in [6, 6.07) is 5.89. The Morgan fingerprint density at radius 3 is 1.14 bits per heavy atom. The number of hydrogen-bond acceptors (Lipinski definition) is 8. The molecule has 36 heavy (non-hydrogen) atoms. The second-order valence-corrected chi connectivity index (χ2v) is 8.27. The van der Waals surface area contributed by atoms with E-state index in [1.165, 1.54) is 42.7 Å². The Morgan fingerprint density at radius 2 is 0.889 bits per heavy atom. The van der Waals surface area contributed by atoms with Gasteiger partial charge in [-0.15, -0.1) is 0 Å². The smallest absolute Gasteiger partial charge is 0.251 e. The summed E-state index contributed by atoms with van der Waals surface area (Å²) in [5, 5.41) is 6.14. The largest absolute Gasteiger partial charge is 0.493 e. The number of nitrogens with one attached hydrogen (secondary N) is 2. The van der Waals surface area contributed by atoms with E-state index in [2.05, 4.69) is 10.6 Å². The first kappa shape index (κ1) is 26.8. The molecule has 0 bridgehead atoms. The molecule has 1 aliphatic rings. The van der Waals surface area contributed by atoms with Crippen molar-refractivity contribution in [1.82, 2.24) is 10.6 Å². The van der Waals surface area contributed by atoms with Crippen molar-refractivity contribution in [3.63, 3.8) is 0 Å². The number of rotatable bonds is 10. The molecule has 10 heteroatoms. The molecule has 10 nitrogen and oxygen atoms in total. The molecular weight excluding hydrogens is 468 g/mol. The summed E-state index contributed by atoms with van der Waals surface area (Å²) in [7, 11) is 8.99. The van der Waals surface area contributed by atoms with Crippen LogP contribution in [-0.2, 0) is 0 Å². The van der Waals surface area contributed by atoms with Gasteiger partial charge in [0.1, 0.15) is 0 Å². The average Bonchev–Trinajstić information content (AvgIpc) is 2.91. The van der Waals surface area contributed by atoms with Gasteiger partial charge >= 0.3 is 0 Å². The Balaban J connectivity index is 1.79. The Bertz CT molecular complexity index is 952. The van der Waals surface area contributed by atoms with E-state index >= 15 is 0 Å². The minimum atomic E-state index is -0.298. The fraction of sp³-hybridized carbons (Fsp3) is 0.462. The Hall–Kier alpha value is -3.82. The lowest BCUT2D eigenvalue weighted by Gasteiger charge is -2.33. The molecule has 0 spiro atoms. The van der Waals surface area contributed by atoms with E-state index in [0.717, 1.165) is 25.7 Å². The molecular formula is C26H34N2O8. The number of ether oxygens (including phenoxy) is 6. The van der Waals surface area contributed by atoms with Crippen LogP contribution in [0.25, 0.3) is 0 Å².